The van der Waals surface area contributed by atoms with Crippen LogP contribution in [0.2, 0.25) is 0 Å². The highest BCUT2D eigenvalue weighted by molar-refractivity contribution is 5.76. The van der Waals surface area contributed by atoms with Gasteiger partial charge in [0.25, 0.3) is 0 Å². The minimum atomic E-state index is -1.13. The standard InChI is InChI=1S/C42H51NO6/c1-2-3-4-5-18-27-36(44)43-37-38(45)40(47-29-33-21-12-7-13-22-33)42(49-31-35-25-16-9-17-26-35)41(48-30-34-23-14-8-15-24-34)39(37)46-28-32-19-10-6-11-20-32/h6-17,19-26,37-42,45H,2-5,18,27-31H2,1H3,(H,43,44)/t37-,38+,39+,40+,41-,42-/m1/s1. The Labute approximate surface area is 291 Å². The van der Waals surface area contributed by atoms with Crippen LogP contribution < -0.4 is 5.32 Å². The van der Waals surface area contributed by atoms with Crippen molar-refractivity contribution in [2.75, 3.05) is 0 Å². The van der Waals surface area contributed by atoms with E-state index in [0.717, 1.165) is 54.4 Å². The van der Waals surface area contributed by atoms with E-state index in [0.29, 0.717) is 13.0 Å². The van der Waals surface area contributed by atoms with Gasteiger partial charge in [0.15, 0.2) is 0 Å². The largest absolute Gasteiger partial charge is 0.388 e. The van der Waals surface area contributed by atoms with E-state index in [1.165, 1.54) is 0 Å². The van der Waals surface area contributed by atoms with E-state index in [4.69, 9.17) is 18.9 Å². The SMILES string of the molecule is CCCCCCCC(=O)N[C@@H]1[C@H](O)[C@H](OCc2ccccc2)[C@@H](OCc2ccccc2)[C@H](OCc2ccccc2)[C@H]1OCc1ccccc1. The lowest BCUT2D eigenvalue weighted by atomic mass is 9.82. The minimum absolute atomic E-state index is 0.124. The van der Waals surface area contributed by atoms with Gasteiger partial charge in [-0.05, 0) is 28.7 Å². The van der Waals surface area contributed by atoms with Crippen LogP contribution in [0, 0.1) is 0 Å². The molecule has 0 aliphatic heterocycles. The highest BCUT2D eigenvalue weighted by Crippen LogP contribution is 2.33. The molecule has 49 heavy (non-hydrogen) atoms. The van der Waals surface area contributed by atoms with E-state index in [9.17, 15) is 9.90 Å². The van der Waals surface area contributed by atoms with Crippen LogP contribution in [0.25, 0.3) is 0 Å². The number of aliphatic hydroxyl groups excluding tert-OH is 1. The number of rotatable bonds is 19. The first-order valence-electron chi connectivity index (χ1n) is 17.7. The molecule has 5 rings (SSSR count). The number of carbonyl (C=O) groups is 1. The molecule has 6 atom stereocenters. The fourth-order valence-corrected chi connectivity index (χ4v) is 6.32. The summed E-state index contributed by atoms with van der Waals surface area (Å²) in [5.74, 6) is -0.124. The average Bonchev–Trinajstić information content (AvgIpc) is 3.15. The van der Waals surface area contributed by atoms with E-state index in [2.05, 4.69) is 12.2 Å². The molecule has 0 unspecified atom stereocenters. The van der Waals surface area contributed by atoms with Crippen molar-refractivity contribution < 1.29 is 28.8 Å². The third-order valence-electron chi connectivity index (χ3n) is 9.01. The molecule has 4 aromatic carbocycles. The molecule has 1 fully saturated rings. The van der Waals surface area contributed by atoms with Gasteiger partial charge in [-0.3, -0.25) is 4.79 Å². The monoisotopic (exact) mass is 665 g/mol. The smallest absolute Gasteiger partial charge is 0.220 e. The van der Waals surface area contributed by atoms with Crippen LogP contribution in [-0.2, 0) is 50.2 Å². The first kappa shape index (κ1) is 36.4. The Morgan fingerprint density at radius 1 is 0.531 bits per heavy atom. The second-order valence-electron chi connectivity index (χ2n) is 12.8. The Morgan fingerprint density at radius 2 is 0.898 bits per heavy atom. The van der Waals surface area contributed by atoms with Crippen molar-refractivity contribution in [3.05, 3.63) is 144 Å². The van der Waals surface area contributed by atoms with Crippen LogP contribution in [0.4, 0.5) is 0 Å². The van der Waals surface area contributed by atoms with Crippen molar-refractivity contribution in [1.29, 1.82) is 0 Å². The number of aliphatic hydroxyl groups is 1. The lowest BCUT2D eigenvalue weighted by Crippen LogP contribution is -2.70. The minimum Gasteiger partial charge on any atom is -0.388 e. The fraction of sp³-hybridized carbons (Fsp3) is 0.405. The summed E-state index contributed by atoms with van der Waals surface area (Å²) in [4.78, 5) is 13.5. The number of hydrogen-bond acceptors (Lipinski definition) is 6. The zero-order chi connectivity index (χ0) is 34.1. The highest BCUT2D eigenvalue weighted by atomic mass is 16.6. The molecule has 0 spiro atoms. The van der Waals surface area contributed by atoms with Crippen LogP contribution in [0.5, 0.6) is 0 Å². The summed E-state index contributed by atoms with van der Waals surface area (Å²) in [7, 11) is 0. The number of ether oxygens (including phenoxy) is 4. The highest BCUT2D eigenvalue weighted by Gasteiger charge is 2.53. The van der Waals surface area contributed by atoms with Crippen molar-refractivity contribution >= 4 is 5.91 Å². The molecule has 2 N–H and O–H groups in total. The predicted octanol–water partition coefficient (Wildman–Crippen LogP) is 7.55. The summed E-state index contributed by atoms with van der Waals surface area (Å²) in [5, 5.41) is 15.3. The molecule has 1 aliphatic carbocycles. The maximum absolute atomic E-state index is 13.5. The van der Waals surface area contributed by atoms with E-state index >= 15 is 0 Å². The average molecular weight is 666 g/mol. The van der Waals surface area contributed by atoms with Gasteiger partial charge in [-0.25, -0.2) is 0 Å². The van der Waals surface area contributed by atoms with Gasteiger partial charge in [-0.2, -0.15) is 0 Å². The fourth-order valence-electron chi connectivity index (χ4n) is 6.32. The lowest BCUT2D eigenvalue weighted by Gasteiger charge is -2.48. The van der Waals surface area contributed by atoms with Gasteiger partial charge in [0.05, 0.1) is 32.5 Å². The third-order valence-corrected chi connectivity index (χ3v) is 9.01. The summed E-state index contributed by atoms with van der Waals surface area (Å²) in [6.45, 7) is 3.28. The van der Waals surface area contributed by atoms with Gasteiger partial charge in [0.1, 0.15) is 30.5 Å². The van der Waals surface area contributed by atoms with Crippen LogP contribution in [0.15, 0.2) is 121 Å². The van der Waals surface area contributed by atoms with Crippen molar-refractivity contribution in [3.63, 3.8) is 0 Å². The molecular formula is C42H51NO6. The Bertz CT molecular complexity index is 1470. The van der Waals surface area contributed by atoms with Crippen molar-refractivity contribution in [3.8, 4) is 0 Å². The maximum atomic E-state index is 13.5. The summed E-state index contributed by atoms with van der Waals surface area (Å²) in [5.41, 5.74) is 3.92. The summed E-state index contributed by atoms with van der Waals surface area (Å²) >= 11 is 0. The summed E-state index contributed by atoms with van der Waals surface area (Å²) in [6, 6.07) is 38.8. The quantitative estimate of drug-likeness (QED) is 0.101. The third kappa shape index (κ3) is 11.3. The van der Waals surface area contributed by atoms with Crippen LogP contribution in [0.1, 0.15) is 67.7 Å². The number of amides is 1. The topological polar surface area (TPSA) is 86.3 Å². The molecule has 1 saturated carbocycles. The summed E-state index contributed by atoms with van der Waals surface area (Å²) in [6.07, 6.45) is 1.45. The molecular weight excluding hydrogens is 614 g/mol. The molecule has 7 nitrogen and oxygen atoms in total. The first-order valence-corrected chi connectivity index (χ1v) is 17.7. The van der Waals surface area contributed by atoms with E-state index < -0.39 is 36.6 Å². The van der Waals surface area contributed by atoms with Gasteiger partial charge in [-0.1, -0.05) is 154 Å². The van der Waals surface area contributed by atoms with E-state index in [1.807, 2.05) is 121 Å². The molecule has 7 heteroatoms. The zero-order valence-corrected chi connectivity index (χ0v) is 28.6. The molecule has 0 bridgehead atoms. The maximum Gasteiger partial charge on any atom is 0.220 e. The predicted molar refractivity (Wildman–Crippen MR) is 191 cm³/mol. The molecule has 0 aromatic heterocycles. The Balaban J connectivity index is 1.47. The van der Waals surface area contributed by atoms with Gasteiger partial charge in [0.2, 0.25) is 5.91 Å². The molecule has 1 aliphatic rings. The summed E-state index contributed by atoms with van der Waals surface area (Å²) < 4.78 is 26.6. The Hall–Kier alpha value is -3.85. The van der Waals surface area contributed by atoms with Crippen molar-refractivity contribution in [2.45, 2.75) is 108 Å². The lowest BCUT2D eigenvalue weighted by molar-refractivity contribution is -0.250. The first-order chi connectivity index (χ1) is 24.1. The van der Waals surface area contributed by atoms with Crippen molar-refractivity contribution in [2.24, 2.45) is 0 Å². The zero-order valence-electron chi connectivity index (χ0n) is 28.6. The number of unbranched alkanes of at least 4 members (excludes halogenated alkanes) is 4. The molecule has 0 heterocycles. The number of nitrogens with one attached hydrogen (secondary N) is 1. The van der Waals surface area contributed by atoms with Gasteiger partial charge < -0.3 is 29.4 Å². The molecule has 1 amide bonds. The normalized spacial score (nSPS) is 22.1. The molecule has 0 saturated heterocycles. The molecule has 0 radical (unpaired) electrons. The Morgan fingerprint density at radius 3 is 1.33 bits per heavy atom. The number of carbonyl (C=O) groups excluding carboxylic acids is 1. The molecule has 260 valence electrons. The van der Waals surface area contributed by atoms with Crippen LogP contribution in [-0.4, -0.2) is 47.6 Å². The molecule has 4 aromatic rings. The van der Waals surface area contributed by atoms with Gasteiger partial charge >= 0.3 is 0 Å². The van der Waals surface area contributed by atoms with Gasteiger partial charge in [0, 0.05) is 6.42 Å². The number of hydrogen-bond donors (Lipinski definition) is 2. The van der Waals surface area contributed by atoms with E-state index in [1.54, 1.807) is 0 Å². The van der Waals surface area contributed by atoms with Crippen molar-refractivity contribution in [1.82, 2.24) is 5.32 Å². The second kappa shape index (κ2) is 20.0. The second-order valence-corrected chi connectivity index (χ2v) is 12.8. The number of benzene rings is 4. The van der Waals surface area contributed by atoms with Crippen LogP contribution >= 0.6 is 0 Å². The van der Waals surface area contributed by atoms with Crippen LogP contribution in [0.3, 0.4) is 0 Å². The van der Waals surface area contributed by atoms with E-state index in [-0.39, 0.29) is 25.7 Å². The Kier molecular flexibility index (Phi) is 14.9. The van der Waals surface area contributed by atoms with Gasteiger partial charge in [-0.15, -0.1) is 0 Å².